The molecule has 4 rings (SSSR count). The van der Waals surface area contributed by atoms with Gasteiger partial charge in [-0.25, -0.2) is 0 Å². The Morgan fingerprint density at radius 3 is 2.23 bits per heavy atom. The van der Waals surface area contributed by atoms with Crippen molar-refractivity contribution in [3.63, 3.8) is 0 Å². The Bertz CT molecular complexity index is 1090. The minimum atomic E-state index is 0.662. The van der Waals surface area contributed by atoms with Crippen molar-refractivity contribution in [2.24, 2.45) is 5.92 Å². The Kier molecular flexibility index (Phi) is 4.24. The molecule has 1 nitrogen and oxygen atoms in total. The van der Waals surface area contributed by atoms with Crippen molar-refractivity contribution in [3.8, 4) is 11.3 Å². The molecule has 4 aromatic rings. The van der Waals surface area contributed by atoms with E-state index in [-0.39, 0.29) is 0 Å². The van der Waals surface area contributed by atoms with Crippen LogP contribution in [0.25, 0.3) is 32.8 Å². The SMILES string of the molecule is Cc1cc(C)cc(-c2nccc3c2ccc2ccc(CC(C)C)cc23)c1. The smallest absolute Gasteiger partial charge is 0.0780 e. The summed E-state index contributed by atoms with van der Waals surface area (Å²) in [6.07, 6.45) is 3.06. The van der Waals surface area contributed by atoms with E-state index < -0.39 is 0 Å². The van der Waals surface area contributed by atoms with Crippen molar-refractivity contribution in [2.75, 3.05) is 0 Å². The molecule has 0 aliphatic carbocycles. The molecule has 0 aliphatic rings. The van der Waals surface area contributed by atoms with Crippen molar-refractivity contribution >= 4 is 21.5 Å². The van der Waals surface area contributed by atoms with Crippen molar-refractivity contribution in [1.29, 1.82) is 0 Å². The monoisotopic (exact) mass is 339 g/mol. The first kappa shape index (κ1) is 16.8. The van der Waals surface area contributed by atoms with Crippen LogP contribution in [0.15, 0.2) is 60.8 Å². The Morgan fingerprint density at radius 1 is 0.769 bits per heavy atom. The zero-order valence-electron chi connectivity index (χ0n) is 16.0. The number of nitrogens with zero attached hydrogens (tertiary/aromatic N) is 1. The lowest BCUT2D eigenvalue weighted by Gasteiger charge is -2.12. The van der Waals surface area contributed by atoms with E-state index in [2.05, 4.69) is 82.3 Å². The summed E-state index contributed by atoms with van der Waals surface area (Å²) in [6.45, 7) is 8.84. The fourth-order valence-corrected chi connectivity index (χ4v) is 3.97. The van der Waals surface area contributed by atoms with E-state index >= 15 is 0 Å². The molecule has 26 heavy (non-hydrogen) atoms. The van der Waals surface area contributed by atoms with E-state index in [1.807, 2.05) is 6.20 Å². The van der Waals surface area contributed by atoms with Gasteiger partial charge >= 0.3 is 0 Å². The van der Waals surface area contributed by atoms with E-state index in [9.17, 15) is 0 Å². The van der Waals surface area contributed by atoms with Crippen molar-refractivity contribution in [3.05, 3.63) is 77.5 Å². The van der Waals surface area contributed by atoms with Crippen LogP contribution >= 0.6 is 0 Å². The van der Waals surface area contributed by atoms with Gasteiger partial charge < -0.3 is 0 Å². The molecule has 0 aliphatic heterocycles. The zero-order chi connectivity index (χ0) is 18.3. The van der Waals surface area contributed by atoms with Crippen molar-refractivity contribution < 1.29 is 0 Å². The highest BCUT2D eigenvalue weighted by Gasteiger charge is 2.10. The molecule has 0 fully saturated rings. The molecule has 3 aromatic carbocycles. The van der Waals surface area contributed by atoms with Crippen LogP contribution in [-0.2, 0) is 6.42 Å². The number of pyridine rings is 1. The van der Waals surface area contributed by atoms with E-state index in [0.29, 0.717) is 5.92 Å². The maximum absolute atomic E-state index is 4.74. The molecule has 0 bridgehead atoms. The first-order valence-corrected chi connectivity index (χ1v) is 9.40. The molecule has 0 saturated heterocycles. The molecule has 1 heterocycles. The lowest BCUT2D eigenvalue weighted by Crippen LogP contribution is -1.94. The maximum atomic E-state index is 4.74. The topological polar surface area (TPSA) is 12.9 Å². The van der Waals surface area contributed by atoms with Crippen LogP contribution in [0.4, 0.5) is 0 Å². The number of fused-ring (bicyclic) bond motifs is 3. The van der Waals surface area contributed by atoms with E-state index in [4.69, 9.17) is 4.98 Å². The summed E-state index contributed by atoms with van der Waals surface area (Å²) in [5.41, 5.74) is 6.23. The third-order valence-corrected chi connectivity index (χ3v) is 4.97. The number of hydrogen-bond donors (Lipinski definition) is 0. The molecule has 0 amide bonds. The first-order chi connectivity index (χ1) is 12.5. The summed E-state index contributed by atoms with van der Waals surface area (Å²) in [6, 6.07) is 20.2. The second kappa shape index (κ2) is 6.57. The Labute approximate surface area is 155 Å². The van der Waals surface area contributed by atoms with Gasteiger partial charge in [0.2, 0.25) is 0 Å². The Balaban J connectivity index is 1.97. The predicted molar refractivity (Wildman–Crippen MR) is 113 cm³/mol. The molecule has 0 spiro atoms. The van der Waals surface area contributed by atoms with Gasteiger partial charge in [0.05, 0.1) is 5.69 Å². The predicted octanol–water partition coefficient (Wildman–Crippen LogP) is 6.87. The number of rotatable bonds is 3. The number of hydrogen-bond acceptors (Lipinski definition) is 1. The Morgan fingerprint density at radius 2 is 1.50 bits per heavy atom. The van der Waals surface area contributed by atoms with Crippen molar-refractivity contribution in [1.82, 2.24) is 4.98 Å². The third kappa shape index (κ3) is 3.10. The van der Waals surface area contributed by atoms with Crippen LogP contribution < -0.4 is 0 Å². The van der Waals surface area contributed by atoms with Gasteiger partial charge in [-0.05, 0) is 66.1 Å². The molecular formula is C25H25N. The second-order valence-corrected chi connectivity index (χ2v) is 7.85. The molecule has 0 radical (unpaired) electrons. The summed E-state index contributed by atoms with van der Waals surface area (Å²) < 4.78 is 0. The summed E-state index contributed by atoms with van der Waals surface area (Å²) in [5, 5.41) is 5.14. The van der Waals surface area contributed by atoms with Crippen LogP contribution in [-0.4, -0.2) is 4.98 Å². The highest BCUT2D eigenvalue weighted by atomic mass is 14.7. The van der Waals surface area contributed by atoms with Crippen LogP contribution in [0.3, 0.4) is 0 Å². The number of aromatic nitrogens is 1. The largest absolute Gasteiger partial charge is 0.256 e. The number of aryl methyl sites for hydroxylation is 2. The van der Waals surface area contributed by atoms with Crippen LogP contribution in [0.2, 0.25) is 0 Å². The van der Waals surface area contributed by atoms with Gasteiger partial charge in [-0.3, -0.25) is 4.98 Å². The van der Waals surface area contributed by atoms with Gasteiger partial charge in [-0.1, -0.05) is 61.4 Å². The van der Waals surface area contributed by atoms with Crippen LogP contribution in [0.1, 0.15) is 30.5 Å². The first-order valence-electron chi connectivity index (χ1n) is 9.40. The van der Waals surface area contributed by atoms with Gasteiger partial charge in [-0.15, -0.1) is 0 Å². The van der Waals surface area contributed by atoms with Gasteiger partial charge in [0.1, 0.15) is 0 Å². The highest BCUT2D eigenvalue weighted by molar-refractivity contribution is 6.11. The standard InChI is InChI=1S/C25H25N/c1-16(2)11-19-5-6-20-7-8-23-22(24(20)15-19)9-10-26-25(23)21-13-17(3)12-18(4)14-21/h5-10,12-16H,11H2,1-4H3. The van der Waals surface area contributed by atoms with Gasteiger partial charge in [-0.2, -0.15) is 0 Å². The summed E-state index contributed by atoms with van der Waals surface area (Å²) in [4.78, 5) is 4.74. The lowest BCUT2D eigenvalue weighted by atomic mass is 9.94. The minimum Gasteiger partial charge on any atom is -0.256 e. The zero-order valence-corrected chi connectivity index (χ0v) is 16.0. The summed E-state index contributed by atoms with van der Waals surface area (Å²) >= 11 is 0. The molecule has 0 saturated carbocycles. The van der Waals surface area contributed by atoms with Gasteiger partial charge in [0.15, 0.2) is 0 Å². The fourth-order valence-electron chi connectivity index (χ4n) is 3.97. The van der Waals surface area contributed by atoms with E-state index in [1.165, 1.54) is 43.8 Å². The number of benzene rings is 3. The van der Waals surface area contributed by atoms with E-state index in [0.717, 1.165) is 12.1 Å². The molecule has 1 heteroatoms. The quantitative estimate of drug-likeness (QED) is 0.371. The minimum absolute atomic E-state index is 0.662. The molecular weight excluding hydrogens is 314 g/mol. The normalized spacial score (nSPS) is 11.6. The average Bonchev–Trinajstić information content (AvgIpc) is 2.59. The maximum Gasteiger partial charge on any atom is 0.0780 e. The van der Waals surface area contributed by atoms with Crippen LogP contribution in [0.5, 0.6) is 0 Å². The second-order valence-electron chi connectivity index (χ2n) is 7.85. The molecule has 0 atom stereocenters. The highest BCUT2D eigenvalue weighted by Crippen LogP contribution is 2.33. The molecule has 1 aromatic heterocycles. The fraction of sp³-hybridized carbons (Fsp3) is 0.240. The van der Waals surface area contributed by atoms with Gasteiger partial charge in [0, 0.05) is 17.1 Å². The Hall–Kier alpha value is -2.67. The molecule has 0 N–H and O–H groups in total. The molecule has 130 valence electrons. The van der Waals surface area contributed by atoms with E-state index in [1.54, 1.807) is 0 Å². The summed E-state index contributed by atoms with van der Waals surface area (Å²) in [7, 11) is 0. The third-order valence-electron chi connectivity index (χ3n) is 4.97. The lowest BCUT2D eigenvalue weighted by molar-refractivity contribution is 0.648. The average molecular weight is 339 g/mol. The summed E-state index contributed by atoms with van der Waals surface area (Å²) in [5.74, 6) is 0.662. The van der Waals surface area contributed by atoms with Gasteiger partial charge in [0.25, 0.3) is 0 Å². The molecule has 0 unspecified atom stereocenters. The van der Waals surface area contributed by atoms with Crippen LogP contribution in [0, 0.1) is 19.8 Å². The van der Waals surface area contributed by atoms with Crippen molar-refractivity contribution in [2.45, 2.75) is 34.1 Å².